The van der Waals surface area contributed by atoms with E-state index in [1.807, 2.05) is 48.5 Å². The van der Waals surface area contributed by atoms with Crippen LogP contribution >= 0.6 is 0 Å². The van der Waals surface area contributed by atoms with Crippen molar-refractivity contribution in [1.29, 1.82) is 0 Å². The van der Waals surface area contributed by atoms with E-state index in [1.54, 1.807) is 24.3 Å². The third-order valence-corrected chi connectivity index (χ3v) is 20.0. The molecule has 0 unspecified atom stereocenters. The third-order valence-electron chi connectivity index (χ3n) is 20.0. The van der Waals surface area contributed by atoms with Crippen LogP contribution in [0.2, 0.25) is 0 Å². The van der Waals surface area contributed by atoms with Crippen LogP contribution in [0.1, 0.15) is 89.2 Å². The molecule has 2 aliphatic heterocycles. The van der Waals surface area contributed by atoms with E-state index in [0.717, 1.165) is 78.7 Å². The molecule has 2 aromatic heterocycles. The zero-order valence-electron chi connectivity index (χ0n) is 54.3. The van der Waals surface area contributed by atoms with Crippen molar-refractivity contribution in [1.82, 2.24) is 18.9 Å². The number of nitrogens with zero attached hydrogens (tertiary/aromatic N) is 6. The first kappa shape index (κ1) is 65.9. The van der Waals surface area contributed by atoms with Gasteiger partial charge in [-0.05, 0) is 118 Å². The number of aromatic nitrogens is 2. The average Bonchev–Trinajstić information content (AvgIpc) is 1.53. The fraction of sp³-hybridized carbons (Fsp3) is 0.160. The molecule has 8 aromatic carbocycles. The zero-order chi connectivity index (χ0) is 72.9. The van der Waals surface area contributed by atoms with Gasteiger partial charge in [-0.3, -0.25) is 9.59 Å². The lowest BCUT2D eigenvalue weighted by atomic mass is 9.66. The number of hydrogen-bond acceptors (Lipinski definition) is 18. The van der Waals surface area contributed by atoms with Gasteiger partial charge in [0.15, 0.2) is 82.2 Å². The quantitative estimate of drug-likeness (QED) is 0.0292. The van der Waals surface area contributed by atoms with Gasteiger partial charge >= 0.3 is 0 Å². The molecule has 103 heavy (non-hydrogen) atoms. The Morgan fingerprint density at radius 2 is 0.670 bits per heavy atom. The molecule has 4 aliphatic carbocycles. The van der Waals surface area contributed by atoms with Crippen molar-refractivity contribution < 1.29 is 80.5 Å². The summed E-state index contributed by atoms with van der Waals surface area (Å²) in [4.78, 5) is 39.2. The van der Waals surface area contributed by atoms with Crippen molar-refractivity contribution in [3.8, 4) is 166 Å². The Balaban J connectivity index is 0.000000133. The Morgan fingerprint density at radius 1 is 0.369 bits per heavy atom. The molecule has 22 heteroatoms. The minimum Gasteiger partial charge on any atom is -0.504 e. The molecule has 0 radical (unpaired) electrons. The van der Waals surface area contributed by atoms with E-state index in [1.165, 1.54) is 46.2 Å². The highest BCUT2D eigenvalue weighted by Gasteiger charge is 2.58. The van der Waals surface area contributed by atoms with Gasteiger partial charge in [0.05, 0.1) is 59.8 Å². The minimum atomic E-state index is -1.13. The fourth-order valence-electron chi connectivity index (χ4n) is 16.1. The standard InChI is InChI=1S/C35H22N2O4.2C23H18N2O6/c1-3-13-36-25-11-7-5-9-19(25)31-33(36)21-15-27(38)29(40)17-23(21)35(31)24-18-30(41)28(39)16-22(24)34-32(35)20-10-6-8-12-26(20)37(34)14-4-2;1-3-5-30-24-17-11-23(15-9-21(28)19(26)7-13(15)17)12-18(25-31-6-4-2)14-8-20(27)22(29)10-16(14)23;1-3-5-24-11-23(15-9-19(28)17(26)7-13(15)21(24)30)12-25(6-4-2)22(31)14-8-18(27)20(29)10-16(14)23/h1-2,5-12,15-18,38-41H,13-14H2;2*1-2,7-10,26-29H,5-6,11-12H2/b;24-17+,25-18+;. The molecule has 508 valence electrons. The molecule has 2 amide bonds. The summed E-state index contributed by atoms with van der Waals surface area (Å²) in [5.41, 5.74) is 9.67. The smallest absolute Gasteiger partial charge is 0.255 e. The molecule has 0 saturated carbocycles. The van der Waals surface area contributed by atoms with E-state index in [2.05, 4.69) is 55.0 Å². The number of phenols is 12. The maximum atomic E-state index is 13.0. The minimum absolute atomic E-state index is 0.0266. The first-order valence-electron chi connectivity index (χ1n) is 31.8. The summed E-state index contributed by atoms with van der Waals surface area (Å²) in [7, 11) is 0. The normalized spacial score (nSPS) is 15.7. The fourth-order valence-corrected chi connectivity index (χ4v) is 16.1. The monoisotopic (exact) mass is 1370 g/mol. The summed E-state index contributed by atoms with van der Waals surface area (Å²) in [5, 5.41) is 134. The number of hydrogen-bond donors (Lipinski definition) is 12. The van der Waals surface area contributed by atoms with Crippen LogP contribution in [0.4, 0.5) is 0 Å². The average molecular weight is 1370 g/mol. The van der Waals surface area contributed by atoms with Gasteiger partial charge in [-0.2, -0.15) is 0 Å². The largest absolute Gasteiger partial charge is 0.504 e. The van der Waals surface area contributed by atoms with E-state index in [-0.39, 0.29) is 110 Å². The van der Waals surface area contributed by atoms with Crippen LogP contribution in [0, 0.1) is 74.1 Å². The Bertz CT molecular complexity index is 5400. The first-order chi connectivity index (χ1) is 49.6. The van der Waals surface area contributed by atoms with Crippen molar-refractivity contribution >= 4 is 45.0 Å². The number of benzene rings is 8. The molecule has 0 atom stereocenters. The van der Waals surface area contributed by atoms with Crippen LogP contribution in [0.15, 0.2) is 132 Å². The summed E-state index contributed by atoms with van der Waals surface area (Å²) in [5.74, 6) is 10.1. The van der Waals surface area contributed by atoms with Crippen LogP contribution < -0.4 is 0 Å². The number of carbonyl (C=O) groups excluding carboxylic acids is 2. The highest BCUT2D eigenvalue weighted by molar-refractivity contribution is 6.14. The van der Waals surface area contributed by atoms with E-state index in [4.69, 9.17) is 48.2 Å². The second kappa shape index (κ2) is 24.6. The number of fused-ring (bicyclic) bond motifs is 22. The molecule has 16 rings (SSSR count). The lowest BCUT2D eigenvalue weighted by molar-refractivity contribution is 0.0615. The summed E-state index contributed by atoms with van der Waals surface area (Å²) in [6.45, 7) is 0.478. The molecule has 3 spiro atoms. The zero-order valence-corrected chi connectivity index (χ0v) is 54.3. The molecule has 4 heterocycles. The Hall–Kier alpha value is -14.3. The maximum absolute atomic E-state index is 13.0. The predicted octanol–water partition coefficient (Wildman–Crippen LogP) is 9.31. The van der Waals surface area contributed by atoms with Gasteiger partial charge in [0.25, 0.3) is 11.8 Å². The Morgan fingerprint density at radius 3 is 1.01 bits per heavy atom. The van der Waals surface area contributed by atoms with Gasteiger partial charge in [-0.25, -0.2) is 0 Å². The van der Waals surface area contributed by atoms with Gasteiger partial charge in [0, 0.05) is 97.7 Å². The molecule has 12 N–H and O–H groups in total. The van der Waals surface area contributed by atoms with Crippen LogP contribution in [0.5, 0.6) is 69.0 Å². The van der Waals surface area contributed by atoms with Gasteiger partial charge in [-0.1, -0.05) is 82.2 Å². The Labute approximate surface area is 587 Å². The number of rotatable bonds is 8. The number of amides is 2. The van der Waals surface area contributed by atoms with Gasteiger partial charge in [0.1, 0.15) is 0 Å². The Kier molecular flexibility index (Phi) is 15.7. The number of terminal acetylenes is 6. The van der Waals surface area contributed by atoms with Gasteiger partial charge in [0.2, 0.25) is 0 Å². The van der Waals surface area contributed by atoms with Gasteiger partial charge < -0.3 is 89.9 Å². The number of aromatic hydroxyl groups is 12. The van der Waals surface area contributed by atoms with Crippen LogP contribution in [-0.4, -0.2) is 143 Å². The summed E-state index contributed by atoms with van der Waals surface area (Å²) in [6, 6.07) is 32.9. The summed E-state index contributed by atoms with van der Waals surface area (Å²) in [6.07, 6.45) is 33.7. The third kappa shape index (κ3) is 9.69. The van der Waals surface area contributed by atoms with Crippen molar-refractivity contribution in [3.05, 3.63) is 188 Å². The van der Waals surface area contributed by atoms with E-state index in [9.17, 15) is 70.9 Å². The SMILES string of the molecule is C#CCN1CC2(CN(CC#C)C(=O)c3cc(O)c(O)cc32)c2cc(O)c(O)cc2C1=O.C#CCO/N=C1\CC2(C/C(=N\OCC#C)c3cc(O)c(O)cc32)c2cc(O)c(O)cc21.C#CCn1c2c(c3ccccc31)C1(c3cc(O)c(O)cc3-2)c2cc(O)c(O)cc2-c2c1c1ccccc1n2CC#C. The maximum Gasteiger partial charge on any atom is 0.255 e. The first-order valence-corrected chi connectivity index (χ1v) is 31.8. The van der Waals surface area contributed by atoms with Crippen molar-refractivity contribution in [2.45, 2.75) is 42.2 Å². The number of carbonyl (C=O) groups is 2. The lowest BCUT2D eigenvalue weighted by Crippen LogP contribution is -2.59. The van der Waals surface area contributed by atoms with E-state index in [0.29, 0.717) is 57.6 Å². The second-order valence-electron chi connectivity index (χ2n) is 25.4. The molecular formula is C81H58N6O16. The highest BCUT2D eigenvalue weighted by atomic mass is 16.6. The number of para-hydroxylation sites is 2. The van der Waals surface area contributed by atoms with Crippen molar-refractivity contribution in [3.63, 3.8) is 0 Å². The molecule has 0 saturated heterocycles. The molecule has 22 nitrogen and oxygen atoms in total. The molecule has 0 bridgehead atoms. The topological polar surface area (TPSA) is 336 Å². The lowest BCUT2D eigenvalue weighted by Gasteiger charge is -2.49. The molecule has 6 aliphatic rings. The van der Waals surface area contributed by atoms with Crippen LogP contribution in [0.3, 0.4) is 0 Å². The second-order valence-corrected chi connectivity index (χ2v) is 25.4. The van der Waals surface area contributed by atoms with Gasteiger partial charge in [-0.15, -0.1) is 38.5 Å². The van der Waals surface area contributed by atoms with Crippen molar-refractivity contribution in [2.24, 2.45) is 10.3 Å². The predicted molar refractivity (Wildman–Crippen MR) is 380 cm³/mol. The van der Waals surface area contributed by atoms with E-state index < -0.39 is 51.1 Å². The molecule has 0 fully saturated rings. The van der Waals surface area contributed by atoms with Crippen molar-refractivity contribution in [2.75, 3.05) is 39.4 Å². The highest BCUT2D eigenvalue weighted by Crippen LogP contribution is 2.68. The molecular weight excluding hydrogens is 1310 g/mol. The van der Waals surface area contributed by atoms with E-state index >= 15 is 0 Å². The summed E-state index contributed by atoms with van der Waals surface area (Å²) >= 11 is 0. The summed E-state index contributed by atoms with van der Waals surface area (Å²) < 4.78 is 4.13. The van der Waals surface area contributed by atoms with Crippen LogP contribution in [0.25, 0.3) is 44.3 Å². The number of oxime groups is 2. The number of phenolic OH excluding ortho intramolecular Hbond substituents is 12. The molecule has 10 aromatic rings. The van der Waals surface area contributed by atoms with Crippen LogP contribution in [-0.2, 0) is 39.0 Å².